The van der Waals surface area contributed by atoms with Crippen LogP contribution in [0.5, 0.6) is 0 Å². The topological polar surface area (TPSA) is 105 Å². The standard InChI is InChI=1S/C22H22F3N3O4/c1-21(19(30)31)13-15(14-6-3-2-4-7-14)12-16(18(21)32-11-5-10-29)27-20-26-9-8-17(28-20)22(23,24)25/h2-4,6-9,12,29H,5,10-11,13H2,1H3,(H,30,31)(H,26,27,28). The Hall–Kier alpha value is -3.40. The molecule has 1 aliphatic rings. The Bertz CT molecular complexity index is 1040. The number of carboxylic acid groups (broad SMARTS) is 1. The molecule has 2 aromatic rings. The van der Waals surface area contributed by atoms with Gasteiger partial charge >= 0.3 is 12.1 Å². The number of ether oxygens (including phenoxy) is 1. The third-order valence-corrected chi connectivity index (χ3v) is 4.97. The Morgan fingerprint density at radius 1 is 1.25 bits per heavy atom. The van der Waals surface area contributed by atoms with Crippen molar-refractivity contribution in [3.8, 4) is 0 Å². The van der Waals surface area contributed by atoms with E-state index in [2.05, 4.69) is 15.3 Å². The van der Waals surface area contributed by atoms with E-state index in [1.165, 1.54) is 6.92 Å². The molecule has 0 fully saturated rings. The number of aromatic nitrogens is 2. The second kappa shape index (κ2) is 9.39. The van der Waals surface area contributed by atoms with E-state index in [9.17, 15) is 23.1 Å². The molecule has 0 saturated heterocycles. The van der Waals surface area contributed by atoms with E-state index in [-0.39, 0.29) is 43.5 Å². The average Bonchev–Trinajstić information content (AvgIpc) is 2.75. The van der Waals surface area contributed by atoms with Crippen molar-refractivity contribution in [3.63, 3.8) is 0 Å². The molecule has 0 radical (unpaired) electrons. The number of benzene rings is 1. The number of aliphatic hydroxyl groups is 1. The molecule has 0 saturated carbocycles. The molecule has 0 aliphatic heterocycles. The second-order valence-corrected chi connectivity index (χ2v) is 7.41. The summed E-state index contributed by atoms with van der Waals surface area (Å²) >= 11 is 0. The highest BCUT2D eigenvalue weighted by Crippen LogP contribution is 2.44. The zero-order valence-electron chi connectivity index (χ0n) is 17.2. The van der Waals surface area contributed by atoms with E-state index in [0.29, 0.717) is 5.57 Å². The van der Waals surface area contributed by atoms with Crippen molar-refractivity contribution in [2.24, 2.45) is 5.41 Å². The Morgan fingerprint density at radius 3 is 2.59 bits per heavy atom. The van der Waals surface area contributed by atoms with Crippen LogP contribution in [-0.4, -0.2) is 39.4 Å². The molecule has 1 aromatic heterocycles. The van der Waals surface area contributed by atoms with Gasteiger partial charge in [0.25, 0.3) is 0 Å². The quantitative estimate of drug-likeness (QED) is 0.521. The molecule has 3 rings (SSSR count). The van der Waals surface area contributed by atoms with Crippen molar-refractivity contribution in [2.75, 3.05) is 18.5 Å². The maximum absolute atomic E-state index is 13.1. The number of alkyl halides is 3. The zero-order chi connectivity index (χ0) is 23.4. The number of allylic oxidation sites excluding steroid dienone is 2. The number of anilines is 1. The van der Waals surface area contributed by atoms with Crippen molar-refractivity contribution in [2.45, 2.75) is 25.9 Å². The fraction of sp³-hybridized carbons (Fsp3) is 0.318. The summed E-state index contributed by atoms with van der Waals surface area (Å²) in [5.41, 5.74) is -1.10. The van der Waals surface area contributed by atoms with Crippen LogP contribution in [0.25, 0.3) is 5.57 Å². The lowest BCUT2D eigenvalue weighted by molar-refractivity contribution is -0.147. The van der Waals surface area contributed by atoms with Crippen molar-refractivity contribution in [1.82, 2.24) is 9.97 Å². The van der Waals surface area contributed by atoms with Crippen molar-refractivity contribution < 1.29 is 32.9 Å². The molecule has 1 aromatic carbocycles. The molecule has 1 unspecified atom stereocenters. The van der Waals surface area contributed by atoms with E-state index in [1.807, 2.05) is 18.2 Å². The lowest BCUT2D eigenvalue weighted by Gasteiger charge is -2.34. The number of hydrogen-bond donors (Lipinski definition) is 3. The number of nitrogens with zero attached hydrogens (tertiary/aromatic N) is 2. The SMILES string of the molecule is CC1(C(=O)O)CC(c2ccccc2)=CC(Nc2nccc(C(F)(F)F)n2)=C1OCCCO. The van der Waals surface area contributed by atoms with Gasteiger partial charge in [-0.05, 0) is 36.6 Å². The molecule has 32 heavy (non-hydrogen) atoms. The van der Waals surface area contributed by atoms with Crippen LogP contribution in [0.1, 0.15) is 31.0 Å². The van der Waals surface area contributed by atoms with E-state index in [1.54, 1.807) is 18.2 Å². The van der Waals surface area contributed by atoms with Gasteiger partial charge in [0.15, 0.2) is 0 Å². The monoisotopic (exact) mass is 449 g/mol. The van der Waals surface area contributed by atoms with Gasteiger partial charge in [-0.3, -0.25) is 4.79 Å². The highest BCUT2D eigenvalue weighted by molar-refractivity contribution is 5.85. The predicted molar refractivity (Wildman–Crippen MR) is 110 cm³/mol. The number of hydrogen-bond acceptors (Lipinski definition) is 6. The van der Waals surface area contributed by atoms with Crippen molar-refractivity contribution in [3.05, 3.63) is 71.4 Å². The molecule has 7 nitrogen and oxygen atoms in total. The number of rotatable bonds is 8. The molecular formula is C22H22F3N3O4. The van der Waals surface area contributed by atoms with Crippen LogP contribution in [0.3, 0.4) is 0 Å². The summed E-state index contributed by atoms with van der Waals surface area (Å²) in [5.74, 6) is -1.49. The van der Waals surface area contributed by atoms with E-state index in [4.69, 9.17) is 9.84 Å². The van der Waals surface area contributed by atoms with E-state index >= 15 is 0 Å². The van der Waals surface area contributed by atoms with Gasteiger partial charge in [-0.2, -0.15) is 13.2 Å². The molecule has 1 atom stereocenters. The summed E-state index contributed by atoms with van der Waals surface area (Å²) in [6.07, 6.45) is -1.73. The number of aliphatic hydroxyl groups excluding tert-OH is 1. The summed E-state index contributed by atoms with van der Waals surface area (Å²) in [6.45, 7) is 1.34. The average molecular weight is 449 g/mol. The Morgan fingerprint density at radius 2 is 1.97 bits per heavy atom. The Labute approximate surface area is 182 Å². The first-order valence-electron chi connectivity index (χ1n) is 9.80. The lowest BCUT2D eigenvalue weighted by atomic mass is 9.75. The molecule has 1 aliphatic carbocycles. The van der Waals surface area contributed by atoms with Crippen LogP contribution in [0, 0.1) is 5.41 Å². The number of carbonyl (C=O) groups is 1. The van der Waals surface area contributed by atoms with Crippen LogP contribution >= 0.6 is 0 Å². The summed E-state index contributed by atoms with van der Waals surface area (Å²) in [6, 6.07) is 9.78. The zero-order valence-corrected chi connectivity index (χ0v) is 17.2. The van der Waals surface area contributed by atoms with Crippen LogP contribution in [-0.2, 0) is 15.7 Å². The summed E-state index contributed by atoms with van der Waals surface area (Å²) < 4.78 is 44.9. The Kier molecular flexibility index (Phi) is 6.83. The lowest BCUT2D eigenvalue weighted by Crippen LogP contribution is -2.35. The first kappa shape index (κ1) is 23.3. The minimum Gasteiger partial charge on any atom is -0.494 e. The molecule has 170 valence electrons. The summed E-state index contributed by atoms with van der Waals surface area (Å²) in [5, 5.41) is 21.8. The van der Waals surface area contributed by atoms with Gasteiger partial charge in [0.05, 0.1) is 12.3 Å². The van der Waals surface area contributed by atoms with Gasteiger partial charge in [0.1, 0.15) is 16.9 Å². The highest BCUT2D eigenvalue weighted by Gasteiger charge is 2.44. The van der Waals surface area contributed by atoms with Crippen LogP contribution in [0.4, 0.5) is 19.1 Å². The van der Waals surface area contributed by atoms with E-state index < -0.39 is 23.3 Å². The van der Waals surface area contributed by atoms with Crippen molar-refractivity contribution in [1.29, 1.82) is 0 Å². The molecular weight excluding hydrogens is 427 g/mol. The molecule has 0 spiro atoms. The molecule has 1 heterocycles. The number of aliphatic carboxylic acids is 1. The number of nitrogens with one attached hydrogen (secondary N) is 1. The first-order valence-corrected chi connectivity index (χ1v) is 9.80. The highest BCUT2D eigenvalue weighted by atomic mass is 19.4. The maximum Gasteiger partial charge on any atom is 0.433 e. The van der Waals surface area contributed by atoms with Gasteiger partial charge in [0, 0.05) is 19.2 Å². The molecule has 0 amide bonds. The predicted octanol–water partition coefficient (Wildman–Crippen LogP) is 4.10. The number of carboxylic acids is 1. The van der Waals surface area contributed by atoms with Gasteiger partial charge in [0.2, 0.25) is 5.95 Å². The third kappa shape index (κ3) is 5.08. The third-order valence-electron chi connectivity index (χ3n) is 4.97. The van der Waals surface area contributed by atoms with Crippen LogP contribution in [0.2, 0.25) is 0 Å². The van der Waals surface area contributed by atoms with Gasteiger partial charge in [-0.15, -0.1) is 0 Å². The molecule has 3 N–H and O–H groups in total. The van der Waals surface area contributed by atoms with Crippen molar-refractivity contribution >= 4 is 17.5 Å². The van der Waals surface area contributed by atoms with E-state index in [0.717, 1.165) is 17.8 Å². The maximum atomic E-state index is 13.1. The van der Waals surface area contributed by atoms with Crippen LogP contribution < -0.4 is 5.32 Å². The van der Waals surface area contributed by atoms with Gasteiger partial charge in [-0.25, -0.2) is 9.97 Å². The van der Waals surface area contributed by atoms with Crippen LogP contribution in [0.15, 0.2) is 60.1 Å². The summed E-state index contributed by atoms with van der Waals surface area (Å²) in [4.78, 5) is 19.6. The largest absolute Gasteiger partial charge is 0.494 e. The Balaban J connectivity index is 2.11. The minimum absolute atomic E-state index is 0.0256. The normalized spacial score (nSPS) is 18.8. The number of halogens is 3. The minimum atomic E-state index is -4.67. The fourth-order valence-electron chi connectivity index (χ4n) is 3.33. The second-order valence-electron chi connectivity index (χ2n) is 7.41. The molecule has 0 bridgehead atoms. The van der Waals surface area contributed by atoms with Gasteiger partial charge < -0.3 is 20.3 Å². The smallest absolute Gasteiger partial charge is 0.433 e. The summed E-state index contributed by atoms with van der Waals surface area (Å²) in [7, 11) is 0. The first-order chi connectivity index (χ1) is 15.1. The van der Waals surface area contributed by atoms with Gasteiger partial charge in [-0.1, -0.05) is 30.3 Å². The fourth-order valence-corrected chi connectivity index (χ4v) is 3.33. The molecule has 10 heteroatoms.